The molecule has 0 saturated carbocycles. The summed E-state index contributed by atoms with van der Waals surface area (Å²) in [5, 5.41) is 6.90. The van der Waals surface area contributed by atoms with Crippen LogP contribution in [-0.4, -0.2) is 26.5 Å². The minimum absolute atomic E-state index is 0.453. The molecule has 1 N–H and O–H groups in total. The third kappa shape index (κ3) is 4.05. The minimum Gasteiger partial charge on any atom is -0.444 e. The van der Waals surface area contributed by atoms with Crippen LogP contribution in [0.5, 0.6) is 0 Å². The van der Waals surface area contributed by atoms with Crippen molar-refractivity contribution in [1.82, 2.24) is 14.8 Å². The summed E-state index contributed by atoms with van der Waals surface area (Å²) < 4.78 is 6.94. The van der Waals surface area contributed by atoms with Gasteiger partial charge in [-0.05, 0) is 39.8 Å². The molecule has 0 saturated heterocycles. The zero-order valence-corrected chi connectivity index (χ0v) is 13.0. The zero-order chi connectivity index (χ0) is 15.6. The molecule has 6 heteroatoms. The Kier molecular flexibility index (Phi) is 3.97. The summed E-state index contributed by atoms with van der Waals surface area (Å²) in [5.41, 5.74) is 2.38. The molecule has 6 nitrogen and oxygen atoms in total. The van der Waals surface area contributed by atoms with Crippen molar-refractivity contribution < 1.29 is 9.53 Å². The maximum Gasteiger partial charge on any atom is 0.413 e. The Morgan fingerprint density at radius 3 is 2.52 bits per heavy atom. The number of ether oxygens (including phenoxy) is 1. The minimum atomic E-state index is -0.531. The molecule has 0 radical (unpaired) electrons. The number of rotatable bonds is 2. The van der Waals surface area contributed by atoms with Crippen LogP contribution >= 0.6 is 0 Å². The monoisotopic (exact) mass is 288 g/mol. The van der Waals surface area contributed by atoms with Gasteiger partial charge in [0.2, 0.25) is 0 Å². The number of aromatic nitrogens is 3. The fourth-order valence-corrected chi connectivity index (χ4v) is 1.92. The lowest BCUT2D eigenvalue weighted by atomic mass is 10.1. The van der Waals surface area contributed by atoms with Gasteiger partial charge >= 0.3 is 6.09 Å². The van der Waals surface area contributed by atoms with Crippen molar-refractivity contribution in [3.63, 3.8) is 0 Å². The molecule has 2 aromatic heterocycles. The average molecular weight is 288 g/mol. The van der Waals surface area contributed by atoms with Crippen molar-refractivity contribution in [1.29, 1.82) is 0 Å². The van der Waals surface area contributed by atoms with Gasteiger partial charge < -0.3 is 4.74 Å². The highest BCUT2D eigenvalue weighted by Crippen LogP contribution is 2.22. The van der Waals surface area contributed by atoms with Gasteiger partial charge in [-0.1, -0.05) is 0 Å². The van der Waals surface area contributed by atoms with Gasteiger partial charge in [0.05, 0.1) is 5.69 Å². The summed E-state index contributed by atoms with van der Waals surface area (Å²) in [5.74, 6) is 0.453. The van der Waals surface area contributed by atoms with Crippen molar-refractivity contribution in [3.05, 3.63) is 30.2 Å². The maximum atomic E-state index is 11.7. The molecule has 0 aliphatic carbocycles. The number of pyridine rings is 1. The van der Waals surface area contributed by atoms with Gasteiger partial charge in [-0.25, -0.2) is 9.78 Å². The number of hydrogen-bond acceptors (Lipinski definition) is 4. The molecule has 0 aliphatic heterocycles. The van der Waals surface area contributed by atoms with Crippen LogP contribution in [0.2, 0.25) is 0 Å². The van der Waals surface area contributed by atoms with E-state index >= 15 is 0 Å². The quantitative estimate of drug-likeness (QED) is 0.921. The van der Waals surface area contributed by atoms with Crippen LogP contribution in [0.3, 0.4) is 0 Å². The second-order valence-corrected chi connectivity index (χ2v) is 5.86. The van der Waals surface area contributed by atoms with E-state index in [1.54, 1.807) is 16.9 Å². The van der Waals surface area contributed by atoms with Crippen molar-refractivity contribution in [2.24, 2.45) is 7.05 Å². The van der Waals surface area contributed by atoms with E-state index in [0.29, 0.717) is 5.82 Å². The third-order valence-electron chi connectivity index (χ3n) is 2.72. The Morgan fingerprint density at radius 1 is 1.33 bits per heavy atom. The number of aryl methyl sites for hydroxylation is 2. The standard InChI is InChI=1S/C15H20N4O2/c1-10-12(9-19(5)18-10)11-6-7-13(16-8-11)17-14(20)21-15(2,3)4/h6-9H,1-5H3,(H,16,17,20). The molecule has 2 heterocycles. The van der Waals surface area contributed by atoms with Crippen LogP contribution < -0.4 is 5.32 Å². The molecule has 0 unspecified atom stereocenters. The lowest BCUT2D eigenvalue weighted by Gasteiger charge is -2.19. The number of carbonyl (C=O) groups is 1. The second-order valence-electron chi connectivity index (χ2n) is 5.86. The van der Waals surface area contributed by atoms with Gasteiger partial charge in [-0.15, -0.1) is 0 Å². The fourth-order valence-electron chi connectivity index (χ4n) is 1.92. The summed E-state index contributed by atoms with van der Waals surface area (Å²) in [7, 11) is 1.88. The number of amides is 1. The highest BCUT2D eigenvalue weighted by molar-refractivity contribution is 5.83. The van der Waals surface area contributed by atoms with E-state index in [-0.39, 0.29) is 0 Å². The summed E-state index contributed by atoms with van der Waals surface area (Å²) in [6.45, 7) is 7.39. The summed E-state index contributed by atoms with van der Waals surface area (Å²) in [6.07, 6.45) is 3.13. The smallest absolute Gasteiger partial charge is 0.413 e. The number of carbonyl (C=O) groups excluding carboxylic acids is 1. The van der Waals surface area contributed by atoms with Gasteiger partial charge in [0, 0.05) is 30.6 Å². The Labute approximate surface area is 124 Å². The first-order valence-electron chi connectivity index (χ1n) is 6.71. The Bertz CT molecular complexity index is 639. The summed E-state index contributed by atoms with van der Waals surface area (Å²) in [4.78, 5) is 15.9. The number of nitrogens with zero attached hydrogens (tertiary/aromatic N) is 3. The van der Waals surface area contributed by atoms with E-state index < -0.39 is 11.7 Å². The predicted molar refractivity (Wildman–Crippen MR) is 81.0 cm³/mol. The van der Waals surface area contributed by atoms with Crippen molar-refractivity contribution in [2.75, 3.05) is 5.32 Å². The normalized spacial score (nSPS) is 11.3. The van der Waals surface area contributed by atoms with Crippen LogP contribution in [0.4, 0.5) is 10.6 Å². The van der Waals surface area contributed by atoms with Gasteiger partial charge in [0.15, 0.2) is 0 Å². The molecule has 1 amide bonds. The maximum absolute atomic E-state index is 11.7. The number of hydrogen-bond donors (Lipinski definition) is 1. The molecule has 2 aromatic rings. The van der Waals surface area contributed by atoms with Crippen LogP contribution in [0.15, 0.2) is 24.5 Å². The topological polar surface area (TPSA) is 69.0 Å². The lowest BCUT2D eigenvalue weighted by molar-refractivity contribution is 0.0635. The largest absolute Gasteiger partial charge is 0.444 e. The Hall–Kier alpha value is -2.37. The van der Waals surface area contributed by atoms with Gasteiger partial charge in [0.25, 0.3) is 0 Å². The van der Waals surface area contributed by atoms with Gasteiger partial charge in [-0.2, -0.15) is 5.10 Å². The first-order valence-corrected chi connectivity index (χ1v) is 6.71. The fraction of sp³-hybridized carbons (Fsp3) is 0.400. The van der Waals surface area contributed by atoms with Crippen molar-refractivity contribution in [3.8, 4) is 11.1 Å². The molecule has 0 atom stereocenters. The highest BCUT2D eigenvalue weighted by Gasteiger charge is 2.16. The highest BCUT2D eigenvalue weighted by atomic mass is 16.6. The van der Waals surface area contributed by atoms with Crippen LogP contribution in [-0.2, 0) is 11.8 Å². The third-order valence-corrected chi connectivity index (χ3v) is 2.72. The Balaban J connectivity index is 2.09. The Morgan fingerprint density at radius 2 is 2.05 bits per heavy atom. The summed E-state index contributed by atoms with van der Waals surface area (Å²) in [6, 6.07) is 3.63. The molecular formula is C15H20N4O2. The molecule has 0 aliphatic rings. The molecule has 21 heavy (non-hydrogen) atoms. The SMILES string of the molecule is Cc1nn(C)cc1-c1ccc(NC(=O)OC(C)(C)C)nc1. The van der Waals surface area contributed by atoms with E-state index in [1.165, 1.54) is 0 Å². The predicted octanol–water partition coefficient (Wildman–Crippen LogP) is 3.14. The van der Waals surface area contributed by atoms with E-state index in [0.717, 1.165) is 16.8 Å². The number of anilines is 1. The first-order chi connectivity index (χ1) is 9.74. The van der Waals surface area contributed by atoms with Crippen molar-refractivity contribution >= 4 is 11.9 Å². The molecular weight excluding hydrogens is 268 g/mol. The van der Waals surface area contributed by atoms with E-state index in [9.17, 15) is 4.79 Å². The van der Waals surface area contributed by atoms with Crippen LogP contribution in [0.25, 0.3) is 11.1 Å². The van der Waals surface area contributed by atoms with E-state index in [2.05, 4.69) is 15.4 Å². The van der Waals surface area contributed by atoms with Crippen molar-refractivity contribution in [2.45, 2.75) is 33.3 Å². The van der Waals surface area contributed by atoms with Gasteiger partial charge in [-0.3, -0.25) is 10.00 Å². The molecule has 112 valence electrons. The molecule has 0 aromatic carbocycles. The lowest BCUT2D eigenvalue weighted by Crippen LogP contribution is -2.27. The average Bonchev–Trinajstić information content (AvgIpc) is 2.67. The number of nitrogens with one attached hydrogen (secondary N) is 1. The van der Waals surface area contributed by atoms with E-state index in [1.807, 2.05) is 47.0 Å². The molecule has 0 bridgehead atoms. The molecule has 0 fully saturated rings. The van der Waals surface area contributed by atoms with Crippen LogP contribution in [0, 0.1) is 6.92 Å². The molecule has 2 rings (SSSR count). The van der Waals surface area contributed by atoms with Gasteiger partial charge in [0.1, 0.15) is 11.4 Å². The van der Waals surface area contributed by atoms with Crippen LogP contribution in [0.1, 0.15) is 26.5 Å². The second kappa shape index (κ2) is 5.55. The van der Waals surface area contributed by atoms with E-state index in [4.69, 9.17) is 4.74 Å². The zero-order valence-electron chi connectivity index (χ0n) is 13.0. The molecule has 0 spiro atoms. The summed E-state index contributed by atoms with van der Waals surface area (Å²) >= 11 is 0. The first kappa shape index (κ1) is 15.0.